The van der Waals surface area contributed by atoms with E-state index in [2.05, 4.69) is 0 Å². The largest absolute Gasteiger partial charge is 0.497 e. The number of rotatable bonds is 6. The van der Waals surface area contributed by atoms with E-state index in [1.165, 1.54) is 14.0 Å². The van der Waals surface area contributed by atoms with Crippen molar-refractivity contribution in [1.82, 2.24) is 0 Å². The molecule has 0 bridgehead atoms. The maximum atomic E-state index is 12.4. The van der Waals surface area contributed by atoms with Crippen LogP contribution >= 0.6 is 0 Å². The number of carbonyl (C=O) groups is 3. The Morgan fingerprint density at radius 3 is 2.00 bits per heavy atom. The van der Waals surface area contributed by atoms with Crippen molar-refractivity contribution in [2.24, 2.45) is 0 Å². The Kier molecular flexibility index (Phi) is 5.20. The molecule has 2 aromatic rings. The molecule has 2 rings (SSSR count). The lowest BCUT2D eigenvalue weighted by Crippen LogP contribution is -2.13. The van der Waals surface area contributed by atoms with Crippen molar-refractivity contribution in [2.45, 2.75) is 6.92 Å². The van der Waals surface area contributed by atoms with Crippen LogP contribution in [0.4, 0.5) is 0 Å². The van der Waals surface area contributed by atoms with Crippen LogP contribution < -0.4 is 4.74 Å². The van der Waals surface area contributed by atoms with Crippen LogP contribution in [0, 0.1) is 0 Å². The molecule has 0 heterocycles. The molecule has 23 heavy (non-hydrogen) atoms. The summed E-state index contributed by atoms with van der Waals surface area (Å²) in [5.74, 6) is -0.680. The summed E-state index contributed by atoms with van der Waals surface area (Å²) in [5, 5.41) is 0. The predicted octanol–water partition coefficient (Wildman–Crippen LogP) is 3.28. The first-order valence-corrected chi connectivity index (χ1v) is 7.03. The highest BCUT2D eigenvalue weighted by Gasteiger charge is 2.18. The normalized spacial score (nSPS) is 11.0. The molecule has 0 aliphatic carbocycles. The zero-order valence-electron chi connectivity index (χ0n) is 12.9. The molecule has 2 aromatic carbocycles. The average Bonchev–Trinajstić information content (AvgIpc) is 2.59. The van der Waals surface area contributed by atoms with Crippen molar-refractivity contribution in [2.75, 3.05) is 7.11 Å². The fraction of sp³-hybridized carbons (Fsp3) is 0.105. The molecule has 0 aliphatic rings. The van der Waals surface area contributed by atoms with E-state index in [1.54, 1.807) is 54.6 Å². The Labute approximate surface area is 134 Å². The number of benzene rings is 2. The number of carbonyl (C=O) groups excluding carboxylic acids is 3. The minimum absolute atomic E-state index is 0.128. The van der Waals surface area contributed by atoms with Gasteiger partial charge in [0.15, 0.2) is 17.3 Å². The van der Waals surface area contributed by atoms with Crippen molar-refractivity contribution in [3.63, 3.8) is 0 Å². The lowest BCUT2D eigenvalue weighted by molar-refractivity contribution is -0.113. The van der Waals surface area contributed by atoms with E-state index >= 15 is 0 Å². The van der Waals surface area contributed by atoms with Gasteiger partial charge in [0.25, 0.3) is 0 Å². The number of ether oxygens (including phenoxy) is 1. The van der Waals surface area contributed by atoms with Crippen molar-refractivity contribution in [3.8, 4) is 5.75 Å². The monoisotopic (exact) mass is 308 g/mol. The van der Waals surface area contributed by atoms with Crippen LogP contribution in [0.1, 0.15) is 27.6 Å². The minimum Gasteiger partial charge on any atom is -0.497 e. The molecule has 0 atom stereocenters. The van der Waals surface area contributed by atoms with Crippen LogP contribution in [-0.2, 0) is 4.79 Å². The second-order valence-electron chi connectivity index (χ2n) is 4.90. The third-order valence-electron chi connectivity index (χ3n) is 3.31. The maximum absolute atomic E-state index is 12.4. The highest BCUT2D eigenvalue weighted by atomic mass is 16.5. The van der Waals surface area contributed by atoms with Gasteiger partial charge in [0.1, 0.15) is 5.75 Å². The van der Waals surface area contributed by atoms with Gasteiger partial charge in [0, 0.05) is 17.2 Å². The molecular formula is C19H16O4. The number of hydrogen-bond acceptors (Lipinski definition) is 4. The summed E-state index contributed by atoms with van der Waals surface area (Å²) in [6, 6.07) is 14.9. The van der Waals surface area contributed by atoms with Crippen molar-refractivity contribution < 1.29 is 19.1 Å². The van der Waals surface area contributed by atoms with Gasteiger partial charge in [-0.05, 0) is 31.2 Å². The fourth-order valence-electron chi connectivity index (χ4n) is 2.04. The maximum Gasteiger partial charge on any atom is 0.196 e. The zero-order valence-corrected chi connectivity index (χ0v) is 12.9. The summed E-state index contributed by atoms with van der Waals surface area (Å²) in [7, 11) is 1.53. The number of ketones is 3. The summed E-state index contributed by atoms with van der Waals surface area (Å²) in [5.41, 5.74) is 0.624. The summed E-state index contributed by atoms with van der Waals surface area (Å²) < 4.78 is 5.03. The molecule has 0 saturated carbocycles. The van der Waals surface area contributed by atoms with Crippen molar-refractivity contribution in [1.29, 1.82) is 0 Å². The molecule has 0 spiro atoms. The summed E-state index contributed by atoms with van der Waals surface area (Å²) in [6.07, 6.45) is 1.10. The van der Waals surface area contributed by atoms with Gasteiger partial charge in [-0.2, -0.15) is 0 Å². The molecule has 4 heteroatoms. The quantitative estimate of drug-likeness (QED) is 0.356. The van der Waals surface area contributed by atoms with Gasteiger partial charge in [-0.15, -0.1) is 0 Å². The topological polar surface area (TPSA) is 60.4 Å². The molecule has 0 fully saturated rings. The van der Waals surface area contributed by atoms with E-state index in [0.29, 0.717) is 16.9 Å². The molecule has 0 amide bonds. The molecule has 0 N–H and O–H groups in total. The average molecular weight is 308 g/mol. The van der Waals surface area contributed by atoms with Gasteiger partial charge in [-0.25, -0.2) is 0 Å². The van der Waals surface area contributed by atoms with E-state index in [-0.39, 0.29) is 5.57 Å². The molecule has 0 aromatic heterocycles. The van der Waals surface area contributed by atoms with Gasteiger partial charge in [-0.1, -0.05) is 30.3 Å². The van der Waals surface area contributed by atoms with Crippen LogP contribution in [0.25, 0.3) is 0 Å². The second kappa shape index (κ2) is 7.31. The Balaban J connectivity index is 2.32. The lowest BCUT2D eigenvalue weighted by atomic mass is 9.98. The van der Waals surface area contributed by atoms with Crippen LogP contribution in [0.3, 0.4) is 0 Å². The standard InChI is InChI=1S/C19H16O4/c1-13(20)17(19(22)15-6-4-3-5-7-15)12-18(21)14-8-10-16(23-2)11-9-14/h3-12H,1-2H3. The highest BCUT2D eigenvalue weighted by Crippen LogP contribution is 2.15. The molecule has 0 aliphatic heterocycles. The van der Waals surface area contributed by atoms with Gasteiger partial charge in [0.2, 0.25) is 0 Å². The van der Waals surface area contributed by atoms with Crippen molar-refractivity contribution >= 4 is 17.3 Å². The third kappa shape index (κ3) is 4.01. The Morgan fingerprint density at radius 2 is 1.48 bits per heavy atom. The second-order valence-corrected chi connectivity index (χ2v) is 4.90. The molecule has 4 nitrogen and oxygen atoms in total. The zero-order chi connectivity index (χ0) is 16.8. The summed E-state index contributed by atoms with van der Waals surface area (Å²) in [6.45, 7) is 1.27. The van der Waals surface area contributed by atoms with Crippen LogP contribution in [0.2, 0.25) is 0 Å². The van der Waals surface area contributed by atoms with Crippen molar-refractivity contribution in [3.05, 3.63) is 77.4 Å². The first kappa shape index (κ1) is 16.4. The van der Waals surface area contributed by atoms with E-state index in [4.69, 9.17) is 4.74 Å². The lowest BCUT2D eigenvalue weighted by Gasteiger charge is -2.04. The molecule has 0 unspecified atom stereocenters. The number of Topliss-reactive ketones (excluding diaryl/α,β-unsaturated/α-hetero) is 2. The Morgan fingerprint density at radius 1 is 0.870 bits per heavy atom. The van der Waals surface area contributed by atoms with Crippen LogP contribution in [0.15, 0.2) is 66.2 Å². The predicted molar refractivity (Wildman–Crippen MR) is 86.9 cm³/mol. The number of hydrogen-bond donors (Lipinski definition) is 0. The Bertz CT molecular complexity index is 756. The molecule has 0 radical (unpaired) electrons. The molecule has 116 valence electrons. The first-order valence-electron chi connectivity index (χ1n) is 7.03. The van der Waals surface area contributed by atoms with Gasteiger partial charge < -0.3 is 4.74 Å². The van der Waals surface area contributed by atoms with Gasteiger partial charge >= 0.3 is 0 Å². The SMILES string of the molecule is COc1ccc(C(=O)C=C(C(C)=O)C(=O)c2ccccc2)cc1. The highest BCUT2D eigenvalue weighted by molar-refractivity contribution is 6.28. The van der Waals surface area contributed by atoms with Gasteiger partial charge in [-0.3, -0.25) is 14.4 Å². The summed E-state index contributed by atoms with van der Waals surface area (Å²) in [4.78, 5) is 36.4. The van der Waals surface area contributed by atoms with E-state index in [0.717, 1.165) is 6.08 Å². The fourth-order valence-corrected chi connectivity index (χ4v) is 2.04. The third-order valence-corrected chi connectivity index (χ3v) is 3.31. The van der Waals surface area contributed by atoms with E-state index in [1.807, 2.05) is 0 Å². The molecule has 0 saturated heterocycles. The number of methoxy groups -OCH3 is 1. The van der Waals surface area contributed by atoms with E-state index < -0.39 is 17.3 Å². The molecular weight excluding hydrogens is 292 g/mol. The van der Waals surface area contributed by atoms with Gasteiger partial charge in [0.05, 0.1) is 12.7 Å². The minimum atomic E-state index is -0.458. The van der Waals surface area contributed by atoms with Crippen LogP contribution in [0.5, 0.6) is 5.75 Å². The Hall–Kier alpha value is -3.01. The first-order chi connectivity index (χ1) is 11.0. The smallest absolute Gasteiger partial charge is 0.196 e. The number of allylic oxidation sites excluding steroid dienone is 2. The van der Waals surface area contributed by atoms with E-state index in [9.17, 15) is 14.4 Å². The van der Waals surface area contributed by atoms with Crippen LogP contribution in [-0.4, -0.2) is 24.5 Å². The summed E-state index contributed by atoms with van der Waals surface area (Å²) >= 11 is 0.